The van der Waals surface area contributed by atoms with Gasteiger partial charge in [0, 0.05) is 25.7 Å². The van der Waals surface area contributed by atoms with Crippen molar-refractivity contribution in [3.8, 4) is 0 Å². The minimum atomic E-state index is 0.00973. The molecule has 6 nitrogen and oxygen atoms in total. The fraction of sp³-hybridized carbons (Fsp3) is 0.929. The Labute approximate surface area is 122 Å². The van der Waals surface area contributed by atoms with Gasteiger partial charge in [-0.1, -0.05) is 13.3 Å². The summed E-state index contributed by atoms with van der Waals surface area (Å²) in [5.74, 6) is 0. The molecule has 0 aliphatic carbocycles. The summed E-state index contributed by atoms with van der Waals surface area (Å²) in [5.41, 5.74) is 0. The van der Waals surface area contributed by atoms with Gasteiger partial charge in [0.15, 0.2) is 0 Å². The standard InChI is InChI=1S/C14H29N3O3/c1-3-4-5-15-6-8-19-10-11-20-9-7-17-12-13(2)16-14(17)18/h13,15H,3-12H2,1-2H3,(H,16,18). The van der Waals surface area contributed by atoms with E-state index in [0.29, 0.717) is 26.4 Å². The normalized spacial score (nSPS) is 18.6. The Morgan fingerprint density at radius 3 is 2.65 bits per heavy atom. The van der Waals surface area contributed by atoms with Crippen molar-refractivity contribution in [2.75, 3.05) is 52.6 Å². The van der Waals surface area contributed by atoms with Crippen LogP contribution in [0, 0.1) is 0 Å². The number of urea groups is 1. The molecule has 1 atom stereocenters. The van der Waals surface area contributed by atoms with Gasteiger partial charge in [-0.15, -0.1) is 0 Å². The summed E-state index contributed by atoms with van der Waals surface area (Å²) >= 11 is 0. The maximum Gasteiger partial charge on any atom is 0.317 e. The number of nitrogens with one attached hydrogen (secondary N) is 2. The summed E-state index contributed by atoms with van der Waals surface area (Å²) in [6.45, 7) is 10.0. The molecule has 1 rings (SSSR count). The quantitative estimate of drug-likeness (QED) is 0.522. The molecule has 0 aromatic carbocycles. The predicted octanol–water partition coefficient (Wildman–Crippen LogP) is 0.823. The second-order valence-corrected chi connectivity index (χ2v) is 5.12. The first-order valence-corrected chi connectivity index (χ1v) is 7.65. The molecule has 0 aromatic rings. The molecule has 1 heterocycles. The number of nitrogens with zero attached hydrogens (tertiary/aromatic N) is 1. The van der Waals surface area contributed by atoms with Crippen molar-refractivity contribution >= 4 is 6.03 Å². The Morgan fingerprint density at radius 1 is 1.25 bits per heavy atom. The van der Waals surface area contributed by atoms with Crippen molar-refractivity contribution in [2.45, 2.75) is 32.7 Å². The van der Waals surface area contributed by atoms with E-state index in [4.69, 9.17) is 9.47 Å². The lowest BCUT2D eigenvalue weighted by atomic mass is 10.3. The van der Waals surface area contributed by atoms with Crippen molar-refractivity contribution in [3.63, 3.8) is 0 Å². The Morgan fingerprint density at radius 2 is 2.00 bits per heavy atom. The fourth-order valence-electron chi connectivity index (χ4n) is 2.02. The zero-order chi connectivity index (χ0) is 14.6. The van der Waals surface area contributed by atoms with Crippen molar-refractivity contribution in [1.82, 2.24) is 15.5 Å². The van der Waals surface area contributed by atoms with Crippen LogP contribution in [0.5, 0.6) is 0 Å². The molecule has 1 unspecified atom stereocenters. The van der Waals surface area contributed by atoms with Gasteiger partial charge in [0.2, 0.25) is 0 Å². The van der Waals surface area contributed by atoms with E-state index >= 15 is 0 Å². The lowest BCUT2D eigenvalue weighted by molar-refractivity contribution is 0.0439. The van der Waals surface area contributed by atoms with E-state index in [1.807, 2.05) is 6.92 Å². The van der Waals surface area contributed by atoms with Gasteiger partial charge in [0.1, 0.15) is 0 Å². The molecule has 0 saturated carbocycles. The van der Waals surface area contributed by atoms with Crippen LogP contribution >= 0.6 is 0 Å². The molecule has 0 spiro atoms. The highest BCUT2D eigenvalue weighted by Crippen LogP contribution is 2.02. The number of carbonyl (C=O) groups excluding carboxylic acids is 1. The molecule has 1 aliphatic heterocycles. The van der Waals surface area contributed by atoms with Gasteiger partial charge in [-0.2, -0.15) is 0 Å². The number of rotatable bonds is 12. The molecular weight excluding hydrogens is 258 g/mol. The van der Waals surface area contributed by atoms with Gasteiger partial charge < -0.3 is 25.0 Å². The molecule has 1 aliphatic rings. The molecule has 1 saturated heterocycles. The monoisotopic (exact) mass is 287 g/mol. The number of amides is 2. The molecule has 118 valence electrons. The van der Waals surface area contributed by atoms with E-state index in [1.165, 1.54) is 12.8 Å². The molecule has 0 aromatic heterocycles. The van der Waals surface area contributed by atoms with Crippen LogP contribution in [0.2, 0.25) is 0 Å². The predicted molar refractivity (Wildman–Crippen MR) is 79.0 cm³/mol. The number of carbonyl (C=O) groups is 1. The Kier molecular flexibility index (Phi) is 9.36. The summed E-state index contributed by atoms with van der Waals surface area (Å²) < 4.78 is 10.9. The molecule has 0 radical (unpaired) electrons. The average Bonchev–Trinajstić information content (AvgIpc) is 2.74. The maximum atomic E-state index is 11.4. The summed E-state index contributed by atoms with van der Waals surface area (Å²) in [7, 11) is 0. The van der Waals surface area contributed by atoms with E-state index < -0.39 is 0 Å². The van der Waals surface area contributed by atoms with Crippen LogP contribution in [0.1, 0.15) is 26.7 Å². The van der Waals surface area contributed by atoms with E-state index in [0.717, 1.165) is 26.2 Å². The molecule has 2 N–H and O–H groups in total. The lowest BCUT2D eigenvalue weighted by Crippen LogP contribution is -2.31. The van der Waals surface area contributed by atoms with Crippen LogP contribution in [0.15, 0.2) is 0 Å². The highest BCUT2D eigenvalue weighted by Gasteiger charge is 2.24. The highest BCUT2D eigenvalue weighted by atomic mass is 16.5. The maximum absolute atomic E-state index is 11.4. The van der Waals surface area contributed by atoms with Crippen molar-refractivity contribution in [1.29, 1.82) is 0 Å². The Hall–Kier alpha value is -0.850. The first-order chi connectivity index (χ1) is 9.74. The molecule has 6 heteroatoms. The van der Waals surface area contributed by atoms with Crippen LogP contribution in [-0.2, 0) is 9.47 Å². The van der Waals surface area contributed by atoms with Crippen LogP contribution in [0.4, 0.5) is 4.79 Å². The van der Waals surface area contributed by atoms with Gasteiger partial charge in [0.05, 0.1) is 26.4 Å². The first kappa shape index (κ1) is 17.2. The van der Waals surface area contributed by atoms with Crippen LogP contribution in [-0.4, -0.2) is 69.6 Å². The second-order valence-electron chi connectivity index (χ2n) is 5.12. The highest BCUT2D eigenvalue weighted by molar-refractivity contribution is 5.76. The molecule has 20 heavy (non-hydrogen) atoms. The Bertz CT molecular complexity index is 264. The zero-order valence-electron chi connectivity index (χ0n) is 12.8. The summed E-state index contributed by atoms with van der Waals surface area (Å²) in [6.07, 6.45) is 2.43. The second kappa shape index (κ2) is 10.9. The van der Waals surface area contributed by atoms with E-state index in [-0.39, 0.29) is 12.1 Å². The van der Waals surface area contributed by atoms with Crippen LogP contribution in [0.3, 0.4) is 0 Å². The first-order valence-electron chi connectivity index (χ1n) is 7.65. The topological polar surface area (TPSA) is 62.8 Å². The minimum absolute atomic E-state index is 0.00973. The largest absolute Gasteiger partial charge is 0.378 e. The Balaban J connectivity index is 1.80. The van der Waals surface area contributed by atoms with Crippen molar-refractivity contribution in [3.05, 3.63) is 0 Å². The van der Waals surface area contributed by atoms with Crippen LogP contribution in [0.25, 0.3) is 0 Å². The van der Waals surface area contributed by atoms with Gasteiger partial charge in [0.25, 0.3) is 0 Å². The minimum Gasteiger partial charge on any atom is -0.378 e. The number of unbranched alkanes of at least 4 members (excludes halogenated alkanes) is 1. The van der Waals surface area contributed by atoms with E-state index in [9.17, 15) is 4.79 Å². The third kappa shape index (κ3) is 7.67. The van der Waals surface area contributed by atoms with E-state index in [2.05, 4.69) is 17.6 Å². The van der Waals surface area contributed by atoms with E-state index in [1.54, 1.807) is 4.90 Å². The number of hydrogen-bond acceptors (Lipinski definition) is 4. The smallest absolute Gasteiger partial charge is 0.317 e. The fourth-order valence-corrected chi connectivity index (χ4v) is 2.02. The van der Waals surface area contributed by atoms with Crippen LogP contribution < -0.4 is 10.6 Å². The summed E-state index contributed by atoms with van der Waals surface area (Å²) in [5, 5.41) is 6.17. The number of hydrogen-bond donors (Lipinski definition) is 2. The zero-order valence-corrected chi connectivity index (χ0v) is 12.8. The molecule has 1 fully saturated rings. The number of ether oxygens (including phenoxy) is 2. The third-order valence-electron chi connectivity index (χ3n) is 3.16. The molecular formula is C14H29N3O3. The van der Waals surface area contributed by atoms with Crippen molar-refractivity contribution < 1.29 is 14.3 Å². The van der Waals surface area contributed by atoms with Gasteiger partial charge >= 0.3 is 6.03 Å². The average molecular weight is 287 g/mol. The summed E-state index contributed by atoms with van der Waals surface area (Å²) in [4.78, 5) is 13.2. The third-order valence-corrected chi connectivity index (χ3v) is 3.16. The molecule has 0 bridgehead atoms. The van der Waals surface area contributed by atoms with Gasteiger partial charge in [-0.25, -0.2) is 4.79 Å². The van der Waals surface area contributed by atoms with Crippen molar-refractivity contribution in [2.24, 2.45) is 0 Å². The summed E-state index contributed by atoms with van der Waals surface area (Å²) in [6, 6.07) is 0.251. The molecule has 2 amide bonds. The van der Waals surface area contributed by atoms with Gasteiger partial charge in [-0.05, 0) is 19.9 Å². The SMILES string of the molecule is CCCCNCCOCCOCCN1CC(C)NC1=O. The lowest BCUT2D eigenvalue weighted by Gasteiger charge is -2.14. The van der Waals surface area contributed by atoms with Gasteiger partial charge in [-0.3, -0.25) is 0 Å².